The fourth-order valence-electron chi connectivity index (χ4n) is 1.45. The summed E-state index contributed by atoms with van der Waals surface area (Å²) >= 11 is 3.42. The molecule has 2 aromatic rings. The lowest BCUT2D eigenvalue weighted by molar-refractivity contribution is 0.282. The maximum Gasteiger partial charge on any atom is 0.137 e. The average molecular weight is 268 g/mol. The standard InChI is InChI=1S/C11H10BrNO2/c1-15-9-4-8-2-7(6-14)3-10(12)11(8)13-5-9/h2-5,14H,6H2,1H3. The number of fused-ring (bicyclic) bond motifs is 1. The Morgan fingerprint density at radius 3 is 2.87 bits per heavy atom. The number of ether oxygens (including phenoxy) is 1. The minimum Gasteiger partial charge on any atom is -0.495 e. The van der Waals surface area contributed by atoms with E-state index >= 15 is 0 Å². The van der Waals surface area contributed by atoms with Gasteiger partial charge in [0.05, 0.1) is 25.4 Å². The molecule has 3 nitrogen and oxygen atoms in total. The van der Waals surface area contributed by atoms with Gasteiger partial charge in [0.1, 0.15) is 5.75 Å². The van der Waals surface area contributed by atoms with E-state index in [0.29, 0.717) is 5.75 Å². The zero-order valence-electron chi connectivity index (χ0n) is 8.20. The molecule has 0 fully saturated rings. The monoisotopic (exact) mass is 267 g/mol. The highest BCUT2D eigenvalue weighted by Crippen LogP contribution is 2.26. The molecule has 2 rings (SSSR count). The molecule has 0 amide bonds. The van der Waals surface area contributed by atoms with Gasteiger partial charge in [0.2, 0.25) is 0 Å². The van der Waals surface area contributed by atoms with Crippen LogP contribution in [0, 0.1) is 0 Å². The minimum absolute atomic E-state index is 0.0196. The predicted molar refractivity (Wildman–Crippen MR) is 61.9 cm³/mol. The highest BCUT2D eigenvalue weighted by atomic mass is 79.9. The van der Waals surface area contributed by atoms with Crippen LogP contribution in [0.4, 0.5) is 0 Å². The summed E-state index contributed by atoms with van der Waals surface area (Å²) in [6.07, 6.45) is 1.67. The van der Waals surface area contributed by atoms with E-state index in [2.05, 4.69) is 20.9 Å². The van der Waals surface area contributed by atoms with Crippen molar-refractivity contribution < 1.29 is 9.84 Å². The van der Waals surface area contributed by atoms with Crippen LogP contribution in [0.3, 0.4) is 0 Å². The van der Waals surface area contributed by atoms with Crippen LogP contribution >= 0.6 is 15.9 Å². The molecule has 0 bridgehead atoms. The van der Waals surface area contributed by atoms with E-state index in [4.69, 9.17) is 9.84 Å². The molecule has 78 valence electrons. The second-order valence-electron chi connectivity index (χ2n) is 3.18. The van der Waals surface area contributed by atoms with Gasteiger partial charge in [-0.2, -0.15) is 0 Å². The molecule has 0 aliphatic carbocycles. The minimum atomic E-state index is 0.0196. The third kappa shape index (κ3) is 1.96. The lowest BCUT2D eigenvalue weighted by Gasteiger charge is -2.05. The highest BCUT2D eigenvalue weighted by Gasteiger charge is 2.04. The van der Waals surface area contributed by atoms with Crippen LogP contribution in [-0.2, 0) is 6.61 Å². The Morgan fingerprint density at radius 1 is 1.40 bits per heavy atom. The van der Waals surface area contributed by atoms with Crippen LogP contribution in [0.15, 0.2) is 28.9 Å². The quantitative estimate of drug-likeness (QED) is 0.909. The smallest absolute Gasteiger partial charge is 0.137 e. The van der Waals surface area contributed by atoms with E-state index in [1.165, 1.54) is 0 Å². The van der Waals surface area contributed by atoms with Gasteiger partial charge in [0, 0.05) is 9.86 Å². The first-order valence-corrected chi connectivity index (χ1v) is 5.27. The number of nitrogens with zero attached hydrogens (tertiary/aromatic N) is 1. The lowest BCUT2D eigenvalue weighted by Crippen LogP contribution is -1.89. The van der Waals surface area contributed by atoms with E-state index in [9.17, 15) is 0 Å². The first-order chi connectivity index (χ1) is 7.24. The fourth-order valence-corrected chi connectivity index (χ4v) is 2.07. The van der Waals surface area contributed by atoms with Crippen LogP contribution in [-0.4, -0.2) is 17.2 Å². The number of benzene rings is 1. The van der Waals surface area contributed by atoms with Gasteiger partial charge in [0.25, 0.3) is 0 Å². The second-order valence-corrected chi connectivity index (χ2v) is 4.04. The van der Waals surface area contributed by atoms with Crippen LogP contribution in [0.2, 0.25) is 0 Å². The molecule has 0 aliphatic heterocycles. The van der Waals surface area contributed by atoms with Gasteiger partial charge in [-0.1, -0.05) is 0 Å². The first kappa shape index (κ1) is 10.4. The number of pyridine rings is 1. The average Bonchev–Trinajstić information content (AvgIpc) is 2.28. The molecule has 15 heavy (non-hydrogen) atoms. The molecule has 1 N–H and O–H groups in total. The lowest BCUT2D eigenvalue weighted by atomic mass is 10.1. The van der Waals surface area contributed by atoms with Crippen LogP contribution in [0.25, 0.3) is 10.9 Å². The third-order valence-corrected chi connectivity index (χ3v) is 2.79. The number of halogens is 1. The first-order valence-electron chi connectivity index (χ1n) is 4.47. The maximum atomic E-state index is 9.08. The van der Waals surface area contributed by atoms with E-state index in [1.54, 1.807) is 13.3 Å². The number of aromatic nitrogens is 1. The number of aliphatic hydroxyl groups excluding tert-OH is 1. The van der Waals surface area contributed by atoms with Crippen LogP contribution in [0.5, 0.6) is 5.75 Å². The van der Waals surface area contributed by atoms with Gasteiger partial charge in [-0.15, -0.1) is 0 Å². The Balaban J connectivity index is 2.69. The fraction of sp³-hybridized carbons (Fsp3) is 0.182. The molecule has 4 heteroatoms. The Morgan fingerprint density at radius 2 is 2.20 bits per heavy atom. The van der Waals surface area contributed by atoms with Gasteiger partial charge in [-0.25, -0.2) is 0 Å². The van der Waals surface area contributed by atoms with Gasteiger partial charge >= 0.3 is 0 Å². The van der Waals surface area contributed by atoms with E-state index < -0.39 is 0 Å². The summed E-state index contributed by atoms with van der Waals surface area (Å²) in [5, 5.41) is 10.0. The molecule has 0 saturated heterocycles. The van der Waals surface area contributed by atoms with Gasteiger partial charge in [0.15, 0.2) is 0 Å². The normalized spacial score (nSPS) is 10.6. The Kier molecular flexibility index (Phi) is 2.88. The molecule has 0 aliphatic rings. The highest BCUT2D eigenvalue weighted by molar-refractivity contribution is 9.10. The summed E-state index contributed by atoms with van der Waals surface area (Å²) in [6.45, 7) is 0.0196. The summed E-state index contributed by atoms with van der Waals surface area (Å²) in [6, 6.07) is 5.66. The van der Waals surface area contributed by atoms with Gasteiger partial charge < -0.3 is 9.84 Å². The summed E-state index contributed by atoms with van der Waals surface area (Å²) in [7, 11) is 1.60. The van der Waals surface area contributed by atoms with Crippen molar-refractivity contribution in [3.63, 3.8) is 0 Å². The molecule has 0 unspecified atom stereocenters. The second kappa shape index (κ2) is 4.16. The number of hydrogen-bond acceptors (Lipinski definition) is 3. The van der Waals surface area contributed by atoms with Crippen LogP contribution in [0.1, 0.15) is 5.56 Å². The molecule has 0 radical (unpaired) electrons. The maximum absolute atomic E-state index is 9.08. The molecular formula is C11H10BrNO2. The van der Waals surface area contributed by atoms with E-state index in [1.807, 2.05) is 18.2 Å². The Bertz CT molecular complexity index is 494. The van der Waals surface area contributed by atoms with Gasteiger partial charge in [-0.3, -0.25) is 4.98 Å². The topological polar surface area (TPSA) is 42.4 Å². The van der Waals surface area contributed by atoms with Crippen molar-refractivity contribution in [2.75, 3.05) is 7.11 Å². The summed E-state index contributed by atoms with van der Waals surface area (Å²) in [4.78, 5) is 4.27. The molecular weight excluding hydrogens is 258 g/mol. The largest absolute Gasteiger partial charge is 0.495 e. The molecule has 1 aromatic heterocycles. The van der Waals surface area contributed by atoms with Crippen molar-refractivity contribution in [1.29, 1.82) is 0 Å². The number of aliphatic hydroxyl groups is 1. The van der Waals surface area contributed by atoms with Crippen molar-refractivity contribution in [1.82, 2.24) is 4.98 Å². The summed E-state index contributed by atoms with van der Waals surface area (Å²) < 4.78 is 5.98. The molecule has 1 aromatic carbocycles. The van der Waals surface area contributed by atoms with Crippen molar-refractivity contribution in [2.24, 2.45) is 0 Å². The molecule has 0 atom stereocenters. The van der Waals surface area contributed by atoms with Crippen molar-refractivity contribution in [3.05, 3.63) is 34.4 Å². The SMILES string of the molecule is COc1cnc2c(Br)cc(CO)cc2c1. The van der Waals surface area contributed by atoms with Crippen molar-refractivity contribution in [3.8, 4) is 5.75 Å². The molecule has 0 spiro atoms. The predicted octanol–water partition coefficient (Wildman–Crippen LogP) is 2.50. The molecule has 1 heterocycles. The van der Waals surface area contributed by atoms with Crippen molar-refractivity contribution in [2.45, 2.75) is 6.61 Å². The molecule has 0 saturated carbocycles. The van der Waals surface area contributed by atoms with Crippen molar-refractivity contribution >= 4 is 26.8 Å². The number of methoxy groups -OCH3 is 1. The zero-order valence-corrected chi connectivity index (χ0v) is 9.78. The van der Waals surface area contributed by atoms with Crippen LogP contribution < -0.4 is 4.74 Å². The van der Waals surface area contributed by atoms with Gasteiger partial charge in [-0.05, 0) is 39.7 Å². The third-order valence-electron chi connectivity index (χ3n) is 2.19. The Hall–Kier alpha value is -1.13. The number of hydrogen-bond donors (Lipinski definition) is 1. The summed E-state index contributed by atoms with van der Waals surface area (Å²) in [5.74, 6) is 0.712. The Labute approximate surface area is 95.8 Å². The van der Waals surface area contributed by atoms with E-state index in [-0.39, 0.29) is 6.61 Å². The number of rotatable bonds is 2. The summed E-state index contributed by atoms with van der Waals surface area (Å²) in [5.41, 5.74) is 1.72. The zero-order chi connectivity index (χ0) is 10.8. The van der Waals surface area contributed by atoms with E-state index in [0.717, 1.165) is 20.9 Å².